The van der Waals surface area contributed by atoms with Crippen LogP contribution in [0.3, 0.4) is 0 Å². The van der Waals surface area contributed by atoms with E-state index in [4.69, 9.17) is 16.9 Å². The molecular formula is C57H78N16O13. The van der Waals surface area contributed by atoms with E-state index < -0.39 is 126 Å². The number of carbonyl (C=O) groups is 11. The first-order valence-electron chi connectivity index (χ1n) is 27.9. The van der Waals surface area contributed by atoms with Crippen molar-refractivity contribution >= 4 is 82.0 Å². The van der Waals surface area contributed by atoms with Crippen molar-refractivity contribution in [3.8, 4) is 5.75 Å². The molecule has 0 saturated carbocycles. The van der Waals surface area contributed by atoms with Gasteiger partial charge in [-0.15, -0.1) is 0 Å². The van der Waals surface area contributed by atoms with Gasteiger partial charge in [0.1, 0.15) is 54.1 Å². The number of phenolic OH excluding ortho intramolecular Hbond substituents is 1. The van der Waals surface area contributed by atoms with Gasteiger partial charge in [-0.05, 0) is 73.4 Å². The molecule has 464 valence electrons. The van der Waals surface area contributed by atoms with Crippen molar-refractivity contribution in [3.63, 3.8) is 0 Å². The smallest absolute Gasteiger partial charge is 0.334 e. The maximum Gasteiger partial charge on any atom is 0.334 e. The standard InChI is InChI=1S/C57H78N16O13/c1-30(2)24-41(50(80)65-39(16-11-22-62-56(60)61-5)49(79)66-40(48(59)78)27-35-29-63-38-15-10-9-14-37(35)38)69-57(86)72-71-52(82)42(25-33-12-7-6-8-13-33)68-54(84)47(31(3)74)70-51(81)43(28-46(58)77)67-53(83)45-21-23-73(45)55(85)44(64-32(4)75)26-34-17-19-36(76)20-18-34/h6-10,12-15,17-20,29-31,39-45,47,63,74,76H,11,16,21-28H2,1-5H3,(H2,58,77)(H2,59,78)(H,64,75)(H,65,80)(H,66,79)(H,67,83)(H,68,84)(H,70,81)(H,71,82)(H3,60,61,62)(H2,69,72,86)/t31-,39+,40+,41+,42+,43+,44-,45+,47+/m1/s1. The molecule has 0 bridgehead atoms. The minimum Gasteiger partial charge on any atom is -0.508 e. The van der Waals surface area contributed by atoms with Crippen LogP contribution in [0.1, 0.15) is 76.5 Å². The Morgan fingerprint density at radius 3 is 1.91 bits per heavy atom. The van der Waals surface area contributed by atoms with E-state index in [9.17, 15) is 63.0 Å². The van der Waals surface area contributed by atoms with E-state index in [0.717, 1.165) is 17.8 Å². The lowest BCUT2D eigenvalue weighted by molar-refractivity contribution is -0.150. The zero-order valence-electron chi connectivity index (χ0n) is 48.4. The van der Waals surface area contributed by atoms with Crippen LogP contribution in [-0.2, 0) is 67.2 Å². The molecular weight excluding hydrogens is 1120 g/mol. The number of carbonyl (C=O) groups excluding carboxylic acids is 11. The fourth-order valence-electron chi connectivity index (χ4n) is 9.36. The van der Waals surface area contributed by atoms with E-state index in [1.165, 1.54) is 24.0 Å². The van der Waals surface area contributed by atoms with E-state index in [0.29, 0.717) is 16.7 Å². The fraction of sp³-hybridized carbons (Fsp3) is 0.439. The number of phenols is 1. The van der Waals surface area contributed by atoms with Crippen LogP contribution in [0.2, 0.25) is 0 Å². The van der Waals surface area contributed by atoms with Crippen molar-refractivity contribution in [3.05, 3.63) is 102 Å². The van der Waals surface area contributed by atoms with Crippen LogP contribution < -0.4 is 70.2 Å². The molecule has 19 N–H and O–H groups in total. The van der Waals surface area contributed by atoms with Crippen LogP contribution in [0, 0.1) is 11.3 Å². The van der Waals surface area contributed by atoms with E-state index >= 15 is 0 Å². The Bertz CT molecular complexity index is 3070. The number of aromatic hydroxyl groups is 1. The van der Waals surface area contributed by atoms with E-state index in [1.807, 2.05) is 24.3 Å². The number of aliphatic hydroxyl groups is 1. The van der Waals surface area contributed by atoms with Gasteiger partial charge in [-0.1, -0.05) is 74.5 Å². The largest absolute Gasteiger partial charge is 0.508 e. The topological polar surface area (TPSA) is 455 Å². The summed E-state index contributed by atoms with van der Waals surface area (Å²) in [6.07, 6.45) is -0.556. The number of amides is 12. The molecule has 86 heavy (non-hydrogen) atoms. The van der Waals surface area contributed by atoms with Gasteiger partial charge >= 0.3 is 6.03 Å². The van der Waals surface area contributed by atoms with Crippen molar-refractivity contribution in [2.45, 2.75) is 134 Å². The number of guanidine groups is 1. The van der Waals surface area contributed by atoms with E-state index in [-0.39, 0.29) is 75.7 Å². The Balaban J connectivity index is 1.25. The number of nitrogens with two attached hydrogens (primary N) is 2. The lowest BCUT2D eigenvalue weighted by Crippen LogP contribution is -2.65. The van der Waals surface area contributed by atoms with Crippen LogP contribution >= 0.6 is 0 Å². The molecule has 1 fully saturated rings. The summed E-state index contributed by atoms with van der Waals surface area (Å²) in [5.74, 6) is -9.02. The Morgan fingerprint density at radius 2 is 1.29 bits per heavy atom. The van der Waals surface area contributed by atoms with Gasteiger partial charge in [-0.2, -0.15) is 0 Å². The van der Waals surface area contributed by atoms with Crippen molar-refractivity contribution < 1.29 is 63.0 Å². The number of H-pyrrole nitrogens is 1. The Hall–Kier alpha value is -9.80. The summed E-state index contributed by atoms with van der Waals surface area (Å²) in [4.78, 5) is 152. The Morgan fingerprint density at radius 1 is 0.674 bits per heavy atom. The van der Waals surface area contributed by atoms with Crippen LogP contribution in [0.4, 0.5) is 4.79 Å². The molecule has 4 aromatic rings. The van der Waals surface area contributed by atoms with Crippen molar-refractivity contribution in [1.82, 2.24) is 68.6 Å². The number of aromatic nitrogens is 1. The molecule has 29 heteroatoms. The first kappa shape index (κ1) is 67.0. The third-order valence-corrected chi connectivity index (χ3v) is 13.9. The van der Waals surface area contributed by atoms with Gasteiger partial charge in [-0.3, -0.25) is 58.8 Å². The first-order valence-corrected chi connectivity index (χ1v) is 27.9. The Labute approximate surface area is 495 Å². The maximum absolute atomic E-state index is 14.1. The number of likely N-dealkylation sites (tertiary alicyclic amines) is 1. The number of para-hydroxylation sites is 1. The fourth-order valence-corrected chi connectivity index (χ4v) is 9.36. The lowest BCUT2D eigenvalue weighted by Gasteiger charge is -2.42. The monoisotopic (exact) mass is 1190 g/mol. The molecule has 1 aromatic heterocycles. The molecule has 1 aliphatic rings. The van der Waals surface area contributed by atoms with Gasteiger partial charge in [0.25, 0.3) is 5.91 Å². The SMILES string of the molecule is CNC(=N)NCCC[C@H](NC(=O)[C@H](CC(C)C)NC(=O)NNC(=O)[C@H](Cc1ccccc1)NC(=O)[C@@H](NC(=O)[C@H](CC(N)=O)NC(=O)[C@@H]1CCN1C(=O)[C@@H](Cc1ccc(O)cc1)NC(C)=O)[C@@H](C)O)C(=O)N[C@@H](Cc1c[nH]c2ccccc12)C(N)=O. The molecule has 3 aromatic carbocycles. The van der Waals surface area contributed by atoms with Gasteiger partial charge in [0, 0.05) is 63.4 Å². The minimum absolute atomic E-state index is 0.00643. The Kier molecular flexibility index (Phi) is 25.2. The zero-order chi connectivity index (χ0) is 63.2. The predicted octanol–water partition coefficient (Wildman–Crippen LogP) is -2.56. The van der Waals surface area contributed by atoms with E-state index in [1.54, 1.807) is 69.6 Å². The molecule has 0 radical (unpaired) electrons. The lowest BCUT2D eigenvalue weighted by atomic mass is 9.97. The van der Waals surface area contributed by atoms with Crippen LogP contribution in [0.25, 0.3) is 10.9 Å². The molecule has 5 rings (SSSR count). The summed E-state index contributed by atoms with van der Waals surface area (Å²) < 4.78 is 0. The van der Waals surface area contributed by atoms with Crippen LogP contribution in [0.15, 0.2) is 85.1 Å². The number of fused-ring (bicyclic) bond motifs is 1. The van der Waals surface area contributed by atoms with Crippen LogP contribution in [0.5, 0.6) is 5.75 Å². The highest BCUT2D eigenvalue weighted by molar-refractivity contribution is 5.99. The average Bonchev–Trinajstić information content (AvgIpc) is 4.06. The first-order chi connectivity index (χ1) is 40.8. The number of aromatic amines is 1. The average molecular weight is 1200 g/mol. The summed E-state index contributed by atoms with van der Waals surface area (Å²) in [5, 5.41) is 52.3. The molecule has 12 amide bonds. The second-order valence-corrected chi connectivity index (χ2v) is 21.2. The second kappa shape index (κ2) is 32.3. The summed E-state index contributed by atoms with van der Waals surface area (Å²) in [5.41, 5.74) is 18.2. The van der Waals surface area contributed by atoms with Gasteiger partial charge in [0.15, 0.2) is 5.96 Å². The number of benzene rings is 3. The number of urea groups is 1. The highest BCUT2D eigenvalue weighted by Crippen LogP contribution is 2.22. The maximum atomic E-state index is 14.1. The summed E-state index contributed by atoms with van der Waals surface area (Å²) in [7, 11) is 1.54. The number of aliphatic hydroxyl groups excluding tert-OH is 1. The van der Waals surface area contributed by atoms with E-state index in [2.05, 4.69) is 63.7 Å². The van der Waals surface area contributed by atoms with Crippen LogP contribution in [-0.4, -0.2) is 166 Å². The predicted molar refractivity (Wildman–Crippen MR) is 313 cm³/mol. The molecule has 1 saturated heterocycles. The summed E-state index contributed by atoms with van der Waals surface area (Å²) in [6.45, 7) is 6.20. The highest BCUT2D eigenvalue weighted by Gasteiger charge is 2.42. The quantitative estimate of drug-likeness (QED) is 0.0111. The van der Waals surface area contributed by atoms with Crippen molar-refractivity contribution in [1.29, 1.82) is 5.41 Å². The number of hydrazine groups is 1. The molecule has 0 unspecified atom stereocenters. The molecule has 9 atom stereocenters. The highest BCUT2D eigenvalue weighted by atomic mass is 16.3. The zero-order valence-corrected chi connectivity index (χ0v) is 48.4. The van der Waals surface area contributed by atoms with Crippen molar-refractivity contribution in [2.75, 3.05) is 20.1 Å². The number of rotatable bonds is 30. The third kappa shape index (κ3) is 20.5. The number of nitrogens with one attached hydrogen (secondary N) is 13. The molecule has 29 nitrogen and oxygen atoms in total. The van der Waals surface area contributed by atoms with Gasteiger partial charge < -0.3 is 79.4 Å². The summed E-state index contributed by atoms with van der Waals surface area (Å²) >= 11 is 0. The van der Waals surface area contributed by atoms with Gasteiger partial charge in [0.2, 0.25) is 53.2 Å². The molecule has 2 heterocycles. The normalized spacial score (nSPS) is 15.4. The second-order valence-electron chi connectivity index (χ2n) is 21.2. The van der Waals surface area contributed by atoms with Gasteiger partial charge in [0.05, 0.1) is 12.5 Å². The minimum atomic E-state index is -1.85. The molecule has 1 aliphatic heterocycles. The molecule has 0 aliphatic carbocycles. The number of hydrogen-bond donors (Lipinski definition) is 17. The number of hydrogen-bond acceptors (Lipinski definition) is 14. The molecule has 0 spiro atoms. The third-order valence-electron chi connectivity index (χ3n) is 13.9. The summed E-state index contributed by atoms with van der Waals surface area (Å²) in [6, 6.07) is 9.24. The van der Waals surface area contributed by atoms with Gasteiger partial charge in [-0.25, -0.2) is 10.2 Å². The number of nitrogens with zero attached hydrogens (tertiary/aromatic N) is 1. The number of primary amides is 2. The van der Waals surface area contributed by atoms with Crippen molar-refractivity contribution in [2.24, 2.45) is 17.4 Å².